The fourth-order valence-electron chi connectivity index (χ4n) is 3.09. The highest BCUT2D eigenvalue weighted by atomic mass is 16.6. The summed E-state index contributed by atoms with van der Waals surface area (Å²) >= 11 is 0. The van der Waals surface area contributed by atoms with Crippen molar-refractivity contribution in [2.75, 3.05) is 6.61 Å². The van der Waals surface area contributed by atoms with E-state index in [4.69, 9.17) is 14.2 Å². The van der Waals surface area contributed by atoms with Gasteiger partial charge in [-0.15, -0.1) is 0 Å². The maximum absolute atomic E-state index is 12.8. The van der Waals surface area contributed by atoms with Gasteiger partial charge in [0.15, 0.2) is 0 Å². The van der Waals surface area contributed by atoms with Crippen molar-refractivity contribution in [3.8, 4) is 0 Å². The molecule has 2 aromatic rings. The standard InChI is InChI=1S/C24H24N2O8/c1-2-3-14-32-22(29)19-25(23(30)33-15-17-10-6-4-7-11-17)20(27)21(28)26(19)24(31)34-16-18-12-8-5-9-13-18/h4-13,19H,2-3,14-16H2,1H3. The average molecular weight is 468 g/mol. The van der Waals surface area contributed by atoms with Crippen LogP contribution in [0.2, 0.25) is 0 Å². The molecule has 1 aliphatic heterocycles. The number of amides is 4. The largest absolute Gasteiger partial charge is 0.463 e. The van der Waals surface area contributed by atoms with Gasteiger partial charge in [-0.3, -0.25) is 9.59 Å². The summed E-state index contributed by atoms with van der Waals surface area (Å²) < 4.78 is 15.4. The molecule has 0 atom stereocenters. The minimum absolute atomic E-state index is 0.0198. The third-order valence-electron chi connectivity index (χ3n) is 4.87. The lowest BCUT2D eigenvalue weighted by atomic mass is 10.2. The zero-order chi connectivity index (χ0) is 24.5. The Morgan fingerprint density at radius 1 is 0.735 bits per heavy atom. The van der Waals surface area contributed by atoms with E-state index in [0.717, 1.165) is 0 Å². The molecule has 10 nitrogen and oxygen atoms in total. The molecule has 0 unspecified atom stereocenters. The van der Waals surface area contributed by atoms with Crippen LogP contribution < -0.4 is 0 Å². The van der Waals surface area contributed by atoms with Crippen LogP contribution in [-0.2, 0) is 41.8 Å². The van der Waals surface area contributed by atoms with Crippen LogP contribution >= 0.6 is 0 Å². The lowest BCUT2D eigenvalue weighted by Gasteiger charge is -2.24. The summed E-state index contributed by atoms with van der Waals surface area (Å²) in [6.45, 7) is 1.42. The summed E-state index contributed by atoms with van der Waals surface area (Å²) in [5.41, 5.74) is 1.24. The number of hydrogen-bond donors (Lipinski definition) is 0. The number of imide groups is 2. The molecule has 3 rings (SSSR count). The van der Waals surface area contributed by atoms with Gasteiger partial charge in [0.1, 0.15) is 13.2 Å². The Balaban J connectivity index is 1.79. The Morgan fingerprint density at radius 2 is 1.18 bits per heavy atom. The molecule has 2 aromatic carbocycles. The Bertz CT molecular complexity index is 968. The molecule has 0 saturated carbocycles. The summed E-state index contributed by atoms with van der Waals surface area (Å²) in [6, 6.07) is 17.2. The maximum Gasteiger partial charge on any atom is 0.419 e. The molecule has 1 aliphatic rings. The molecule has 0 radical (unpaired) electrons. The zero-order valence-corrected chi connectivity index (χ0v) is 18.5. The minimum Gasteiger partial charge on any atom is -0.463 e. The molecule has 178 valence electrons. The van der Waals surface area contributed by atoms with Crippen LogP contribution in [0, 0.1) is 0 Å². The SMILES string of the molecule is CCCCOC(=O)C1N(C(=O)OCc2ccccc2)C(=O)C(=O)N1C(=O)OCc1ccccc1. The quantitative estimate of drug-likeness (QED) is 0.251. The van der Waals surface area contributed by atoms with Crippen molar-refractivity contribution in [2.45, 2.75) is 39.1 Å². The highest BCUT2D eigenvalue weighted by molar-refractivity contribution is 6.42. The molecule has 34 heavy (non-hydrogen) atoms. The van der Waals surface area contributed by atoms with Crippen molar-refractivity contribution in [1.29, 1.82) is 0 Å². The molecule has 0 bridgehead atoms. The summed E-state index contributed by atoms with van der Waals surface area (Å²) in [4.78, 5) is 64.0. The van der Waals surface area contributed by atoms with Crippen molar-refractivity contribution in [3.63, 3.8) is 0 Å². The fourth-order valence-corrected chi connectivity index (χ4v) is 3.09. The zero-order valence-electron chi connectivity index (χ0n) is 18.5. The maximum atomic E-state index is 12.8. The molecule has 4 amide bonds. The Kier molecular flexibility index (Phi) is 8.33. The number of rotatable bonds is 8. The second-order valence-corrected chi connectivity index (χ2v) is 7.33. The number of esters is 1. The van der Waals surface area contributed by atoms with Crippen molar-refractivity contribution in [1.82, 2.24) is 9.80 Å². The molecule has 10 heteroatoms. The first-order valence-corrected chi connectivity index (χ1v) is 10.7. The van der Waals surface area contributed by atoms with Crippen LogP contribution in [0.15, 0.2) is 60.7 Å². The van der Waals surface area contributed by atoms with E-state index in [2.05, 4.69) is 0 Å². The molecule has 1 saturated heterocycles. The van der Waals surface area contributed by atoms with Gasteiger partial charge >= 0.3 is 30.0 Å². The lowest BCUT2D eigenvalue weighted by Crippen LogP contribution is -2.51. The number of benzene rings is 2. The van der Waals surface area contributed by atoms with E-state index < -0.39 is 36.1 Å². The average Bonchev–Trinajstić information content (AvgIpc) is 3.13. The van der Waals surface area contributed by atoms with Gasteiger partial charge in [-0.05, 0) is 17.5 Å². The molecule has 0 N–H and O–H groups in total. The summed E-state index contributed by atoms with van der Waals surface area (Å²) in [6.07, 6.45) is -3.28. The van der Waals surface area contributed by atoms with E-state index in [-0.39, 0.29) is 29.6 Å². The van der Waals surface area contributed by atoms with Gasteiger partial charge < -0.3 is 14.2 Å². The van der Waals surface area contributed by atoms with Gasteiger partial charge in [-0.2, -0.15) is 0 Å². The van der Waals surface area contributed by atoms with Crippen LogP contribution in [0.4, 0.5) is 9.59 Å². The summed E-state index contributed by atoms with van der Waals surface area (Å²) in [5.74, 6) is -3.92. The van der Waals surface area contributed by atoms with Crippen molar-refractivity contribution in [3.05, 3.63) is 71.8 Å². The van der Waals surface area contributed by atoms with Gasteiger partial charge in [0.05, 0.1) is 6.61 Å². The van der Waals surface area contributed by atoms with Crippen molar-refractivity contribution >= 4 is 30.0 Å². The van der Waals surface area contributed by atoms with Crippen molar-refractivity contribution in [2.24, 2.45) is 0 Å². The van der Waals surface area contributed by atoms with Gasteiger partial charge in [0.2, 0.25) is 6.17 Å². The van der Waals surface area contributed by atoms with E-state index >= 15 is 0 Å². The number of hydrogen-bond acceptors (Lipinski definition) is 8. The van der Waals surface area contributed by atoms with E-state index in [1.165, 1.54) is 0 Å². The normalized spacial score (nSPS) is 13.7. The van der Waals surface area contributed by atoms with E-state index in [9.17, 15) is 24.0 Å². The van der Waals surface area contributed by atoms with E-state index in [1.54, 1.807) is 60.7 Å². The van der Waals surface area contributed by atoms with Crippen LogP contribution in [0.25, 0.3) is 0 Å². The Hall–Kier alpha value is -4.21. The number of nitrogens with zero attached hydrogens (tertiary/aromatic N) is 2. The predicted octanol–water partition coefficient (Wildman–Crippen LogP) is 3.00. The number of carbonyl (C=O) groups excluding carboxylic acids is 5. The van der Waals surface area contributed by atoms with Crippen LogP contribution in [0.1, 0.15) is 30.9 Å². The molecular formula is C24H24N2O8. The highest BCUT2D eigenvalue weighted by Crippen LogP contribution is 2.22. The van der Waals surface area contributed by atoms with Gasteiger partial charge in [0.25, 0.3) is 0 Å². The van der Waals surface area contributed by atoms with Gasteiger partial charge in [0, 0.05) is 0 Å². The third-order valence-corrected chi connectivity index (χ3v) is 4.87. The van der Waals surface area contributed by atoms with Crippen molar-refractivity contribution < 1.29 is 38.2 Å². The molecular weight excluding hydrogens is 444 g/mol. The molecule has 1 fully saturated rings. The van der Waals surface area contributed by atoms with E-state index in [1.807, 2.05) is 6.92 Å². The lowest BCUT2D eigenvalue weighted by molar-refractivity contribution is -0.155. The summed E-state index contributed by atoms with van der Waals surface area (Å²) in [5, 5.41) is 0. The van der Waals surface area contributed by atoms with E-state index in [0.29, 0.717) is 24.0 Å². The second-order valence-electron chi connectivity index (χ2n) is 7.33. The minimum atomic E-state index is -1.97. The number of carbonyl (C=O) groups is 5. The van der Waals surface area contributed by atoms with Gasteiger partial charge in [-0.1, -0.05) is 74.0 Å². The number of ether oxygens (including phenoxy) is 3. The first-order chi connectivity index (χ1) is 16.4. The topological polar surface area (TPSA) is 120 Å². The predicted molar refractivity (Wildman–Crippen MR) is 117 cm³/mol. The van der Waals surface area contributed by atoms with Gasteiger partial charge in [-0.25, -0.2) is 24.2 Å². The van der Waals surface area contributed by atoms with Crippen LogP contribution in [0.3, 0.4) is 0 Å². The third kappa shape index (κ3) is 5.77. The number of unbranched alkanes of at least 4 members (excludes halogenated alkanes) is 1. The first kappa shape index (κ1) is 24.4. The Labute approximate surface area is 196 Å². The Morgan fingerprint density at radius 3 is 1.59 bits per heavy atom. The second kappa shape index (κ2) is 11.6. The highest BCUT2D eigenvalue weighted by Gasteiger charge is 2.56. The smallest absolute Gasteiger partial charge is 0.419 e. The molecule has 0 aliphatic carbocycles. The summed E-state index contributed by atoms with van der Waals surface area (Å²) in [7, 11) is 0. The molecule has 0 spiro atoms. The first-order valence-electron chi connectivity index (χ1n) is 10.7. The van der Waals surface area contributed by atoms with Crippen LogP contribution in [-0.4, -0.2) is 52.5 Å². The monoisotopic (exact) mass is 468 g/mol. The molecule has 0 aromatic heterocycles. The van der Waals surface area contributed by atoms with Crippen LogP contribution in [0.5, 0.6) is 0 Å². The fraction of sp³-hybridized carbons (Fsp3) is 0.292. The molecule has 1 heterocycles.